The highest BCUT2D eigenvalue weighted by molar-refractivity contribution is 9.10. The smallest absolute Gasteiger partial charge is 0.319 e. The first kappa shape index (κ1) is 43.0. The molecule has 3 rings (SSSR count). The molecular formula is C34H46Br3NO13. The van der Waals surface area contributed by atoms with Crippen LogP contribution in [0.1, 0.15) is 66.2 Å². The molecule has 0 aromatic carbocycles. The number of nitrogens with zero attached hydrogens (tertiary/aromatic N) is 1. The number of halogens is 3. The highest BCUT2D eigenvalue weighted by Crippen LogP contribution is 2.45. The number of ether oxygens (including phenoxy) is 6. The number of hydrogen-bond donors (Lipinski definition) is 0. The van der Waals surface area contributed by atoms with Gasteiger partial charge in [-0.05, 0) is 46.5 Å². The average molecular weight is 916 g/mol. The SMILES string of the molecule is CCOC(=O)C(Br)CCCC(C)C(=O)OCC(C)(COC(=O)C(Br)CCCC(Br)C(=O)OCC)C(=O)OCCN1C(=O)[C@@H]2C3C=CC(O3)[C@@H]2C1=O. The van der Waals surface area contributed by atoms with Gasteiger partial charge in [0, 0.05) is 0 Å². The van der Waals surface area contributed by atoms with Crippen LogP contribution in [0.3, 0.4) is 0 Å². The van der Waals surface area contributed by atoms with Crippen molar-refractivity contribution in [2.24, 2.45) is 23.2 Å². The van der Waals surface area contributed by atoms with E-state index in [9.17, 15) is 33.6 Å². The summed E-state index contributed by atoms with van der Waals surface area (Å²) in [5.41, 5.74) is -1.64. The minimum atomic E-state index is -1.64. The Morgan fingerprint density at radius 1 is 0.725 bits per heavy atom. The first-order valence-electron chi connectivity index (χ1n) is 17.1. The molecule has 0 radical (unpaired) electrons. The van der Waals surface area contributed by atoms with Gasteiger partial charge in [0.25, 0.3) is 0 Å². The van der Waals surface area contributed by atoms with Crippen molar-refractivity contribution in [1.82, 2.24) is 4.90 Å². The van der Waals surface area contributed by atoms with Crippen LogP contribution in [0.2, 0.25) is 0 Å². The summed E-state index contributed by atoms with van der Waals surface area (Å²) in [6, 6.07) is 0. The summed E-state index contributed by atoms with van der Waals surface area (Å²) < 4.78 is 32.1. The molecule has 14 nitrogen and oxygen atoms in total. The first-order valence-corrected chi connectivity index (χ1v) is 19.8. The summed E-state index contributed by atoms with van der Waals surface area (Å²) in [7, 11) is 0. The van der Waals surface area contributed by atoms with E-state index in [4.69, 9.17) is 28.4 Å². The third-order valence-corrected chi connectivity index (χ3v) is 11.4. The number of amides is 2. The molecule has 3 aliphatic heterocycles. The van der Waals surface area contributed by atoms with Crippen LogP contribution in [0.4, 0.5) is 0 Å². The summed E-state index contributed by atoms with van der Waals surface area (Å²) in [5, 5.41) is 0. The van der Waals surface area contributed by atoms with Crippen molar-refractivity contribution in [3.8, 4) is 0 Å². The van der Waals surface area contributed by atoms with Gasteiger partial charge in [-0.2, -0.15) is 0 Å². The predicted molar refractivity (Wildman–Crippen MR) is 191 cm³/mol. The predicted octanol–water partition coefficient (Wildman–Crippen LogP) is 3.95. The molecule has 2 amide bonds. The molecule has 2 bridgehead atoms. The summed E-state index contributed by atoms with van der Waals surface area (Å²) in [5.74, 6) is -5.45. The van der Waals surface area contributed by atoms with E-state index < -0.39 is 86.9 Å². The molecular weight excluding hydrogens is 870 g/mol. The van der Waals surface area contributed by atoms with Crippen molar-refractivity contribution in [3.05, 3.63) is 12.2 Å². The van der Waals surface area contributed by atoms with Crippen LogP contribution >= 0.6 is 47.8 Å². The maximum Gasteiger partial charge on any atom is 0.319 e. The molecule has 0 spiro atoms. The van der Waals surface area contributed by atoms with Crippen LogP contribution in [-0.4, -0.2) is 113 Å². The molecule has 286 valence electrons. The molecule has 9 atom stereocenters. The van der Waals surface area contributed by atoms with Crippen molar-refractivity contribution in [2.75, 3.05) is 39.6 Å². The number of alkyl halides is 3. The van der Waals surface area contributed by atoms with E-state index in [1.807, 2.05) is 0 Å². The molecule has 2 fully saturated rings. The zero-order valence-corrected chi connectivity index (χ0v) is 33.9. The van der Waals surface area contributed by atoms with Gasteiger partial charge in [-0.3, -0.25) is 38.5 Å². The van der Waals surface area contributed by atoms with Gasteiger partial charge in [-0.1, -0.05) is 79.7 Å². The Hall–Kier alpha value is -2.37. The third-order valence-electron chi connectivity index (χ3n) is 8.86. The molecule has 0 aliphatic carbocycles. The lowest BCUT2D eigenvalue weighted by atomic mass is 9.85. The number of rotatable bonds is 22. The monoisotopic (exact) mass is 913 g/mol. The number of fused-ring (bicyclic) bond motifs is 5. The van der Waals surface area contributed by atoms with E-state index in [0.29, 0.717) is 38.5 Å². The van der Waals surface area contributed by atoms with Gasteiger partial charge in [0.05, 0.1) is 49.7 Å². The molecule has 0 aromatic heterocycles. The number of carbonyl (C=O) groups is 7. The Labute approximate surface area is 322 Å². The van der Waals surface area contributed by atoms with Gasteiger partial charge in [0.2, 0.25) is 11.8 Å². The van der Waals surface area contributed by atoms with Crippen molar-refractivity contribution in [1.29, 1.82) is 0 Å². The van der Waals surface area contributed by atoms with Gasteiger partial charge in [-0.15, -0.1) is 0 Å². The van der Waals surface area contributed by atoms with Gasteiger partial charge >= 0.3 is 29.8 Å². The Balaban J connectivity index is 1.56. The van der Waals surface area contributed by atoms with E-state index in [1.165, 1.54) is 6.92 Å². The van der Waals surface area contributed by atoms with Crippen LogP contribution in [0.25, 0.3) is 0 Å². The fourth-order valence-corrected chi connectivity index (χ4v) is 7.23. The van der Waals surface area contributed by atoms with Gasteiger partial charge in [-0.25, -0.2) is 0 Å². The number of likely N-dealkylation sites (tertiary alicyclic amines) is 1. The molecule has 2 saturated heterocycles. The lowest BCUT2D eigenvalue weighted by Crippen LogP contribution is -2.43. The van der Waals surface area contributed by atoms with Crippen LogP contribution in [0, 0.1) is 23.2 Å². The largest absolute Gasteiger partial charge is 0.465 e. The van der Waals surface area contributed by atoms with Gasteiger partial charge < -0.3 is 28.4 Å². The van der Waals surface area contributed by atoms with Gasteiger partial charge in [0.15, 0.2) is 0 Å². The number of carbonyl (C=O) groups excluding carboxylic acids is 7. The summed E-state index contributed by atoms with van der Waals surface area (Å²) >= 11 is 9.86. The first-order chi connectivity index (χ1) is 24.1. The standard InChI is InChI=1S/C34H46Br3NO13/c1-5-46-30(42)20(35)10-7-9-19(3)29(41)49-17-34(4,18-50-32(44)22(37)12-8-11-21(36)31(43)47-6-2)33(45)48-16-15-38-27(39)25-23-13-14-24(51-23)26(25)28(38)40/h13-14,19-26H,5-12,15-18H2,1-4H3/t19?,20?,21?,22?,23?,24?,25-,26+,34?. The lowest BCUT2D eigenvalue weighted by Gasteiger charge is -2.28. The van der Waals surface area contributed by atoms with Crippen molar-refractivity contribution in [2.45, 2.75) is 92.9 Å². The quantitative estimate of drug-likeness (QED) is 0.0502. The number of imide groups is 1. The zero-order chi connectivity index (χ0) is 37.9. The Kier molecular flexibility index (Phi) is 17.0. The Bertz CT molecular complexity index is 1240. The van der Waals surface area contributed by atoms with Crippen LogP contribution in [0.5, 0.6) is 0 Å². The highest BCUT2D eigenvalue weighted by Gasteiger charge is 2.60. The maximum atomic E-state index is 13.5. The topological polar surface area (TPSA) is 178 Å². The molecule has 7 unspecified atom stereocenters. The second-order valence-corrected chi connectivity index (χ2v) is 16.2. The third kappa shape index (κ3) is 11.6. The normalized spacial score (nSPS) is 23.9. The fraction of sp³-hybridized carbons (Fsp3) is 0.735. The maximum absolute atomic E-state index is 13.5. The Morgan fingerprint density at radius 2 is 1.16 bits per heavy atom. The molecule has 0 N–H and O–H groups in total. The number of hydrogen-bond acceptors (Lipinski definition) is 13. The van der Waals surface area contributed by atoms with E-state index >= 15 is 0 Å². The molecule has 17 heteroatoms. The minimum Gasteiger partial charge on any atom is -0.465 e. The van der Waals surface area contributed by atoms with Crippen LogP contribution < -0.4 is 0 Å². The van der Waals surface area contributed by atoms with E-state index in [1.54, 1.807) is 32.9 Å². The zero-order valence-electron chi connectivity index (χ0n) is 29.1. The second kappa shape index (κ2) is 20.2. The highest BCUT2D eigenvalue weighted by atomic mass is 79.9. The fourth-order valence-electron chi connectivity index (χ4n) is 5.86. The molecule has 0 saturated carbocycles. The van der Waals surface area contributed by atoms with Crippen molar-refractivity contribution >= 4 is 89.5 Å². The molecule has 0 aromatic rings. The summed E-state index contributed by atoms with van der Waals surface area (Å²) in [4.78, 5) is 88.2. The average Bonchev–Trinajstić information content (AvgIpc) is 3.79. The molecule has 3 aliphatic rings. The summed E-state index contributed by atoms with van der Waals surface area (Å²) in [6.45, 7) is 5.53. The minimum absolute atomic E-state index is 0.174. The lowest BCUT2D eigenvalue weighted by molar-refractivity contribution is -0.172. The Morgan fingerprint density at radius 3 is 1.63 bits per heavy atom. The molecule has 3 heterocycles. The van der Waals surface area contributed by atoms with Crippen LogP contribution in [-0.2, 0) is 62.0 Å². The summed E-state index contributed by atoms with van der Waals surface area (Å²) in [6.07, 6.45) is 5.22. The second-order valence-electron chi connectivity index (χ2n) is 12.9. The van der Waals surface area contributed by atoms with Crippen molar-refractivity contribution in [3.63, 3.8) is 0 Å². The van der Waals surface area contributed by atoms with Gasteiger partial charge in [0.1, 0.15) is 39.7 Å². The van der Waals surface area contributed by atoms with E-state index in [-0.39, 0.29) is 44.1 Å². The van der Waals surface area contributed by atoms with E-state index in [2.05, 4.69) is 47.8 Å². The van der Waals surface area contributed by atoms with Crippen molar-refractivity contribution < 1.29 is 62.0 Å². The van der Waals surface area contributed by atoms with Crippen LogP contribution in [0.15, 0.2) is 12.2 Å². The number of esters is 5. The van der Waals surface area contributed by atoms with E-state index in [0.717, 1.165) is 4.90 Å². The molecule has 51 heavy (non-hydrogen) atoms.